The zero-order valence-electron chi connectivity index (χ0n) is 18.0. The van der Waals surface area contributed by atoms with Crippen molar-refractivity contribution in [1.82, 2.24) is 10.6 Å². The molecule has 0 heterocycles. The molecule has 172 valence electrons. The molecule has 0 unspecified atom stereocenters. The van der Waals surface area contributed by atoms with Gasteiger partial charge in [0.2, 0.25) is 5.91 Å². The lowest BCUT2D eigenvalue weighted by Crippen LogP contribution is -2.38. The maximum atomic E-state index is 13.1. The van der Waals surface area contributed by atoms with Gasteiger partial charge in [-0.3, -0.25) is 14.3 Å². The third-order valence-electron chi connectivity index (χ3n) is 5.55. The molecule has 0 aliphatic heterocycles. The molecule has 0 atom stereocenters. The van der Waals surface area contributed by atoms with Crippen LogP contribution in [0, 0.1) is 18.7 Å². The summed E-state index contributed by atoms with van der Waals surface area (Å²) in [5.74, 6) is -0.822. The van der Waals surface area contributed by atoms with Crippen LogP contribution in [0.2, 0.25) is 0 Å². The molecule has 1 fully saturated rings. The van der Waals surface area contributed by atoms with Crippen molar-refractivity contribution < 1.29 is 22.4 Å². The van der Waals surface area contributed by atoms with Crippen LogP contribution in [0.15, 0.2) is 47.4 Å². The van der Waals surface area contributed by atoms with Gasteiger partial charge in [-0.05, 0) is 61.7 Å². The van der Waals surface area contributed by atoms with Gasteiger partial charge in [0.05, 0.1) is 4.90 Å². The van der Waals surface area contributed by atoms with Gasteiger partial charge in [-0.2, -0.15) is 0 Å². The van der Waals surface area contributed by atoms with E-state index >= 15 is 0 Å². The molecule has 0 spiro atoms. The van der Waals surface area contributed by atoms with Gasteiger partial charge in [0, 0.05) is 30.3 Å². The van der Waals surface area contributed by atoms with Gasteiger partial charge in [0.15, 0.2) is 0 Å². The molecule has 32 heavy (non-hydrogen) atoms. The molecular weight excluding hydrogens is 433 g/mol. The lowest BCUT2D eigenvalue weighted by Gasteiger charge is -2.20. The quantitative estimate of drug-likeness (QED) is 0.524. The van der Waals surface area contributed by atoms with Crippen LogP contribution in [0.3, 0.4) is 0 Å². The Labute approximate surface area is 187 Å². The van der Waals surface area contributed by atoms with E-state index < -0.39 is 21.7 Å². The fourth-order valence-electron chi connectivity index (χ4n) is 3.71. The molecule has 2 aromatic rings. The fraction of sp³-hybridized carbons (Fsp3) is 0.391. The number of carbonyl (C=O) groups is 2. The second-order valence-corrected chi connectivity index (χ2v) is 9.65. The Hall–Kier alpha value is -2.94. The average molecular weight is 462 g/mol. The lowest BCUT2D eigenvalue weighted by atomic mass is 9.89. The van der Waals surface area contributed by atoms with Crippen molar-refractivity contribution in [3.05, 3.63) is 59.4 Å². The summed E-state index contributed by atoms with van der Waals surface area (Å²) >= 11 is 0. The second-order valence-electron chi connectivity index (χ2n) is 7.97. The van der Waals surface area contributed by atoms with Gasteiger partial charge in [-0.1, -0.05) is 25.3 Å². The molecule has 0 aromatic heterocycles. The smallest absolute Gasteiger partial charge is 0.261 e. The Bertz CT molecular complexity index is 1070. The van der Waals surface area contributed by atoms with Crippen molar-refractivity contribution >= 4 is 27.5 Å². The van der Waals surface area contributed by atoms with E-state index in [1.54, 1.807) is 13.0 Å². The summed E-state index contributed by atoms with van der Waals surface area (Å²) < 4.78 is 40.8. The molecule has 3 rings (SSSR count). The van der Waals surface area contributed by atoms with Crippen molar-refractivity contribution in [2.24, 2.45) is 5.92 Å². The largest absolute Gasteiger partial charge is 0.354 e. The number of nitrogens with one attached hydrogen (secondary N) is 3. The summed E-state index contributed by atoms with van der Waals surface area (Å²) in [6.07, 6.45) is 5.13. The first-order valence-electron chi connectivity index (χ1n) is 10.7. The van der Waals surface area contributed by atoms with Crippen LogP contribution in [-0.4, -0.2) is 33.3 Å². The van der Waals surface area contributed by atoms with E-state index in [0.29, 0.717) is 12.1 Å². The molecule has 2 amide bonds. The van der Waals surface area contributed by atoms with Crippen LogP contribution in [0.1, 0.15) is 48.0 Å². The van der Waals surface area contributed by atoms with Crippen LogP contribution >= 0.6 is 0 Å². The van der Waals surface area contributed by atoms with Crippen molar-refractivity contribution in [3.8, 4) is 0 Å². The molecule has 1 aliphatic rings. The highest BCUT2D eigenvalue weighted by Gasteiger charge is 2.21. The number of hydrogen-bond acceptors (Lipinski definition) is 4. The zero-order chi connectivity index (χ0) is 23.1. The summed E-state index contributed by atoms with van der Waals surface area (Å²) in [5.41, 5.74) is 1.06. The summed E-state index contributed by atoms with van der Waals surface area (Å²) in [7, 11) is -3.96. The monoisotopic (exact) mass is 461 g/mol. The van der Waals surface area contributed by atoms with Crippen LogP contribution in [0.4, 0.5) is 10.1 Å². The number of sulfonamides is 1. The number of amides is 2. The highest BCUT2D eigenvalue weighted by atomic mass is 32.2. The van der Waals surface area contributed by atoms with Gasteiger partial charge in [0.25, 0.3) is 15.9 Å². The Morgan fingerprint density at radius 1 is 0.969 bits per heavy atom. The molecule has 1 saturated carbocycles. The van der Waals surface area contributed by atoms with E-state index in [2.05, 4.69) is 15.4 Å². The Kier molecular flexibility index (Phi) is 7.84. The third-order valence-corrected chi connectivity index (χ3v) is 6.93. The van der Waals surface area contributed by atoms with E-state index in [1.165, 1.54) is 30.7 Å². The van der Waals surface area contributed by atoms with Gasteiger partial charge in [-0.25, -0.2) is 12.8 Å². The first-order chi connectivity index (χ1) is 15.3. The first kappa shape index (κ1) is 23.7. The summed E-state index contributed by atoms with van der Waals surface area (Å²) in [4.78, 5) is 24.7. The Morgan fingerprint density at radius 2 is 1.62 bits per heavy atom. The maximum absolute atomic E-state index is 13.1. The standard InChI is InChI=1S/C23H28FN3O4S/c1-16-7-12-20(32(30,31)27-19-10-8-18(24)9-11-19)15-21(16)23(29)26-14-13-25-22(28)17-5-3-2-4-6-17/h7-12,15,17,27H,2-6,13-14H2,1H3,(H,25,28)(H,26,29). The summed E-state index contributed by atoms with van der Waals surface area (Å²) in [6, 6.07) is 9.20. The highest BCUT2D eigenvalue weighted by Crippen LogP contribution is 2.23. The molecule has 0 bridgehead atoms. The molecule has 1 aliphatic carbocycles. The van der Waals surface area contributed by atoms with Crippen LogP contribution in [0.5, 0.6) is 0 Å². The topological polar surface area (TPSA) is 104 Å². The Morgan fingerprint density at radius 3 is 2.31 bits per heavy atom. The minimum atomic E-state index is -3.96. The number of anilines is 1. The number of carbonyl (C=O) groups excluding carboxylic acids is 2. The second kappa shape index (κ2) is 10.6. The predicted octanol–water partition coefficient (Wildman–Crippen LogP) is 3.36. The van der Waals surface area contributed by atoms with E-state index in [0.717, 1.165) is 37.8 Å². The number of benzene rings is 2. The van der Waals surface area contributed by atoms with Crippen LogP contribution < -0.4 is 15.4 Å². The SMILES string of the molecule is Cc1ccc(S(=O)(=O)Nc2ccc(F)cc2)cc1C(=O)NCCNC(=O)C1CCCCC1. The van der Waals surface area contributed by atoms with Crippen molar-refractivity contribution in [1.29, 1.82) is 0 Å². The number of halogens is 1. The van der Waals surface area contributed by atoms with E-state index in [1.807, 2.05) is 0 Å². The molecule has 9 heteroatoms. The van der Waals surface area contributed by atoms with Gasteiger partial charge < -0.3 is 10.6 Å². The van der Waals surface area contributed by atoms with Crippen molar-refractivity contribution in [3.63, 3.8) is 0 Å². The molecule has 2 aromatic carbocycles. The zero-order valence-corrected chi connectivity index (χ0v) is 18.8. The van der Waals surface area contributed by atoms with Crippen LogP contribution in [-0.2, 0) is 14.8 Å². The maximum Gasteiger partial charge on any atom is 0.261 e. The van der Waals surface area contributed by atoms with Gasteiger partial charge in [0.1, 0.15) is 5.82 Å². The molecular formula is C23H28FN3O4S. The van der Waals surface area contributed by atoms with E-state index in [4.69, 9.17) is 0 Å². The van der Waals surface area contributed by atoms with Crippen LogP contribution in [0.25, 0.3) is 0 Å². The van der Waals surface area contributed by atoms with Gasteiger partial charge >= 0.3 is 0 Å². The van der Waals surface area contributed by atoms with Crippen molar-refractivity contribution in [2.75, 3.05) is 17.8 Å². The molecule has 7 nitrogen and oxygen atoms in total. The first-order valence-corrected chi connectivity index (χ1v) is 12.2. The minimum absolute atomic E-state index is 0.0232. The van der Waals surface area contributed by atoms with E-state index in [-0.39, 0.29) is 34.5 Å². The highest BCUT2D eigenvalue weighted by molar-refractivity contribution is 7.92. The molecule has 3 N–H and O–H groups in total. The van der Waals surface area contributed by atoms with E-state index in [9.17, 15) is 22.4 Å². The predicted molar refractivity (Wildman–Crippen MR) is 120 cm³/mol. The van der Waals surface area contributed by atoms with Crippen molar-refractivity contribution in [2.45, 2.75) is 43.9 Å². The average Bonchev–Trinajstić information content (AvgIpc) is 2.78. The molecule has 0 radical (unpaired) electrons. The summed E-state index contributed by atoms with van der Waals surface area (Å²) in [6.45, 7) is 2.26. The fourth-order valence-corrected chi connectivity index (χ4v) is 4.80. The normalized spacial score (nSPS) is 14.6. The summed E-state index contributed by atoms with van der Waals surface area (Å²) in [5, 5.41) is 5.58. The number of rotatable bonds is 8. The number of aryl methyl sites for hydroxylation is 1. The third kappa shape index (κ3) is 6.29. The Balaban J connectivity index is 1.58. The molecule has 0 saturated heterocycles. The van der Waals surface area contributed by atoms with Gasteiger partial charge in [-0.15, -0.1) is 0 Å². The number of hydrogen-bond donors (Lipinski definition) is 3. The minimum Gasteiger partial charge on any atom is -0.354 e. The lowest BCUT2D eigenvalue weighted by molar-refractivity contribution is -0.125.